The van der Waals surface area contributed by atoms with Crippen molar-refractivity contribution in [1.29, 1.82) is 0 Å². The monoisotopic (exact) mass is 242 g/mol. The first kappa shape index (κ1) is 9.76. The van der Waals surface area contributed by atoms with Gasteiger partial charge in [0.15, 0.2) is 0 Å². The predicted molar refractivity (Wildman–Crippen MR) is 73.4 cm³/mol. The molecule has 2 heterocycles. The minimum Gasteiger partial charge on any atom is -0.304 e. The minimum atomic E-state index is -1.91. The molecule has 0 radical (unpaired) electrons. The Kier molecular flexibility index (Phi) is 3.02. The van der Waals surface area contributed by atoms with Gasteiger partial charge in [0.2, 0.25) is 0 Å². The molecule has 2 saturated heterocycles. The molecule has 0 bridgehead atoms. The van der Waals surface area contributed by atoms with Crippen molar-refractivity contribution in [3.63, 3.8) is 0 Å². The first-order chi connectivity index (χ1) is 9.18. The largest absolute Gasteiger partial charge is 0.304 e. The van der Waals surface area contributed by atoms with Gasteiger partial charge in [-0.15, -0.1) is 0 Å². The molecule has 0 amide bonds. The third-order valence-electron chi connectivity index (χ3n) is 4.24. The molecular weight excluding hydrogens is 210 g/mol. The second-order valence-electron chi connectivity index (χ2n) is 6.41. The van der Waals surface area contributed by atoms with Gasteiger partial charge >= 0.3 is 0 Å². The topological polar surface area (TPSA) is 9.72 Å². The second kappa shape index (κ2) is 5.25. The van der Waals surface area contributed by atoms with E-state index in [0.29, 0.717) is 19.1 Å². The summed E-state index contributed by atoms with van der Waals surface area (Å²) in [5, 5.41) is 0. The highest BCUT2D eigenvalue weighted by molar-refractivity contribution is 4.87. The van der Waals surface area contributed by atoms with Crippen LogP contribution in [0.3, 0.4) is 0 Å². The van der Waals surface area contributed by atoms with Crippen LogP contribution in [0.5, 0.6) is 0 Å². The third kappa shape index (κ3) is 3.43. The molecule has 2 rings (SSSR count). The first-order valence-electron chi connectivity index (χ1n) is 8.42. The Morgan fingerprint density at radius 3 is 2.00 bits per heavy atom. The Morgan fingerprint density at radius 2 is 1.53 bits per heavy atom. The zero-order chi connectivity index (χ0) is 15.0. The van der Waals surface area contributed by atoms with Gasteiger partial charge in [-0.1, -0.05) is 0 Å². The average molecular weight is 242 g/mol. The normalized spacial score (nSPS) is 30.9. The summed E-state index contributed by atoms with van der Waals surface area (Å²) in [4.78, 5) is 6.69. The zero-order valence-electron chi connectivity index (χ0n) is 14.6. The van der Waals surface area contributed by atoms with Crippen molar-refractivity contribution in [2.24, 2.45) is 0 Å². The quantitative estimate of drug-likeness (QED) is 0.690. The van der Waals surface area contributed by atoms with Crippen LogP contribution in [-0.4, -0.2) is 72.5 Å². The highest BCUT2D eigenvalue weighted by atomic mass is 15.3. The van der Waals surface area contributed by atoms with Gasteiger partial charge in [0.1, 0.15) is 0 Å². The molecule has 0 aromatic carbocycles. The van der Waals surface area contributed by atoms with Crippen LogP contribution in [0.15, 0.2) is 0 Å². The highest BCUT2D eigenvalue weighted by Gasteiger charge is 2.30. The van der Waals surface area contributed by atoms with Crippen LogP contribution in [-0.2, 0) is 0 Å². The van der Waals surface area contributed by atoms with Crippen LogP contribution in [0.4, 0.5) is 0 Å². The van der Waals surface area contributed by atoms with Crippen LogP contribution < -0.4 is 0 Å². The summed E-state index contributed by atoms with van der Waals surface area (Å²) >= 11 is 0. The maximum Gasteiger partial charge on any atom is 0.0394 e. The highest BCUT2D eigenvalue weighted by Crippen LogP contribution is 2.23. The van der Waals surface area contributed by atoms with E-state index in [1.165, 1.54) is 12.8 Å². The second-order valence-corrected chi connectivity index (χ2v) is 6.41. The molecule has 2 aliphatic heterocycles. The molecule has 0 atom stereocenters. The van der Waals surface area contributed by atoms with E-state index in [1.807, 2.05) is 0 Å². The Balaban J connectivity index is 1.79. The third-order valence-corrected chi connectivity index (χ3v) is 4.24. The van der Waals surface area contributed by atoms with Gasteiger partial charge in [0, 0.05) is 55.0 Å². The van der Waals surface area contributed by atoms with Crippen LogP contribution in [0, 0.1) is 0 Å². The van der Waals surface area contributed by atoms with E-state index in [0.717, 1.165) is 26.2 Å². The minimum absolute atomic E-state index is 0.269. The fourth-order valence-electron chi connectivity index (χ4n) is 2.99. The van der Waals surface area contributed by atoms with Crippen molar-refractivity contribution in [2.75, 3.05) is 46.2 Å². The molecule has 2 aliphatic rings. The van der Waals surface area contributed by atoms with Gasteiger partial charge in [-0.2, -0.15) is 0 Å². The van der Waals surface area contributed by atoms with Crippen LogP contribution in [0.25, 0.3) is 0 Å². The average Bonchev–Trinajstić information content (AvgIpc) is 2.37. The fraction of sp³-hybridized carbons (Fsp3) is 1.00. The number of likely N-dealkylation sites (N-methyl/N-ethyl adjacent to an activating group) is 1. The Bertz CT molecular complexity index is 277. The molecule has 2 fully saturated rings. The fourth-order valence-corrected chi connectivity index (χ4v) is 2.99. The number of likely N-dealkylation sites (tertiary alicyclic amines) is 1. The first-order valence-corrected chi connectivity index (χ1v) is 6.92. The molecule has 0 saturated carbocycles. The van der Waals surface area contributed by atoms with Gasteiger partial charge < -0.3 is 4.90 Å². The number of piperazine rings is 1. The number of piperidine rings is 1. The van der Waals surface area contributed by atoms with Crippen molar-refractivity contribution in [3.05, 3.63) is 0 Å². The Labute approximate surface area is 111 Å². The molecule has 3 nitrogen and oxygen atoms in total. The molecule has 17 heavy (non-hydrogen) atoms. The molecule has 0 spiro atoms. The summed E-state index contributed by atoms with van der Waals surface area (Å²) < 4.78 is 22.4. The molecule has 0 aliphatic carbocycles. The predicted octanol–water partition coefficient (Wildman–Crippen LogP) is 1.50. The molecule has 3 heteroatoms. The summed E-state index contributed by atoms with van der Waals surface area (Å²) in [6.45, 7) is 10.4. The number of nitrogens with zero attached hydrogens (tertiary/aromatic N) is 3. The van der Waals surface area contributed by atoms with Crippen molar-refractivity contribution >= 4 is 0 Å². The molecular formula is C14H29N3. The number of rotatable bonds is 1. The lowest BCUT2D eigenvalue weighted by molar-refractivity contribution is 0.0369. The molecule has 0 aromatic rings. The molecule has 0 N–H and O–H groups in total. The summed E-state index contributed by atoms with van der Waals surface area (Å²) in [6, 6.07) is 0.646. The lowest BCUT2D eigenvalue weighted by Crippen LogP contribution is -2.54. The van der Waals surface area contributed by atoms with Gasteiger partial charge in [-0.05, 0) is 40.6 Å². The maximum absolute atomic E-state index is 7.47. The SMILES string of the molecule is [2H]C([2H])([2H])N1CCN(C2CCN(C(C)(C)C)CC2)CC1. The van der Waals surface area contributed by atoms with Crippen molar-refractivity contribution in [3.8, 4) is 0 Å². The van der Waals surface area contributed by atoms with Crippen molar-refractivity contribution < 1.29 is 4.11 Å². The standard InChI is InChI=1S/C14H29N3/c1-14(2,3)17-7-5-13(6-8-17)16-11-9-15(4)10-12-16/h13H,5-12H2,1-4H3/i4D3. The van der Waals surface area contributed by atoms with E-state index in [-0.39, 0.29) is 5.54 Å². The maximum atomic E-state index is 7.47. The van der Waals surface area contributed by atoms with E-state index in [9.17, 15) is 0 Å². The van der Waals surface area contributed by atoms with E-state index in [2.05, 4.69) is 30.6 Å². The van der Waals surface area contributed by atoms with Gasteiger partial charge in [0.25, 0.3) is 0 Å². The van der Waals surface area contributed by atoms with Gasteiger partial charge in [-0.3, -0.25) is 9.80 Å². The summed E-state index contributed by atoms with van der Waals surface area (Å²) in [5.74, 6) is 0. The molecule has 100 valence electrons. The van der Waals surface area contributed by atoms with Crippen molar-refractivity contribution in [2.45, 2.75) is 45.2 Å². The Hall–Kier alpha value is -0.120. The van der Waals surface area contributed by atoms with E-state index in [1.54, 1.807) is 4.90 Å². The van der Waals surface area contributed by atoms with E-state index >= 15 is 0 Å². The summed E-state index contributed by atoms with van der Waals surface area (Å²) in [5.41, 5.74) is 0.269. The zero-order valence-corrected chi connectivity index (χ0v) is 11.6. The lowest BCUT2D eigenvalue weighted by atomic mass is 9.97. The smallest absolute Gasteiger partial charge is 0.0394 e. The number of hydrogen-bond donors (Lipinski definition) is 0. The van der Waals surface area contributed by atoms with E-state index < -0.39 is 6.98 Å². The van der Waals surface area contributed by atoms with Crippen LogP contribution >= 0.6 is 0 Å². The van der Waals surface area contributed by atoms with Gasteiger partial charge in [0.05, 0.1) is 0 Å². The summed E-state index contributed by atoms with van der Waals surface area (Å²) in [7, 11) is 0. The number of hydrogen-bond acceptors (Lipinski definition) is 3. The molecule has 0 aromatic heterocycles. The van der Waals surface area contributed by atoms with E-state index in [4.69, 9.17) is 4.11 Å². The Morgan fingerprint density at radius 1 is 0.941 bits per heavy atom. The van der Waals surface area contributed by atoms with Crippen LogP contribution in [0.1, 0.15) is 37.7 Å². The van der Waals surface area contributed by atoms with Crippen LogP contribution in [0.2, 0.25) is 0 Å². The van der Waals surface area contributed by atoms with Crippen molar-refractivity contribution in [1.82, 2.24) is 14.7 Å². The lowest BCUT2D eigenvalue weighted by Gasteiger charge is -2.45. The summed E-state index contributed by atoms with van der Waals surface area (Å²) in [6.07, 6.45) is 2.43. The molecule has 0 unspecified atom stereocenters. The van der Waals surface area contributed by atoms with Gasteiger partial charge in [-0.25, -0.2) is 0 Å².